The van der Waals surface area contributed by atoms with E-state index in [2.05, 4.69) is 0 Å². The largest absolute Gasteiger partial charge is 0.462 e. The van der Waals surface area contributed by atoms with Crippen LogP contribution < -0.4 is 0 Å². The van der Waals surface area contributed by atoms with Gasteiger partial charge in [0.25, 0.3) is 5.79 Å². The van der Waals surface area contributed by atoms with E-state index in [0.29, 0.717) is 27.8 Å². The lowest BCUT2D eigenvalue weighted by Crippen LogP contribution is -2.27. The fraction of sp³-hybridized carbons (Fsp3) is 0.263. The maximum absolute atomic E-state index is 12.4. The SMILES string of the molecule is CCOC(=O)c1c(C)cc2c(c1C)C(=O)OC2(O)c1ccccc1. The third kappa shape index (κ3) is 2.29. The molecule has 0 fully saturated rings. The number of esters is 2. The van der Waals surface area contributed by atoms with Gasteiger partial charge in [-0.15, -0.1) is 0 Å². The molecule has 1 aliphatic heterocycles. The highest BCUT2D eigenvalue weighted by molar-refractivity contribution is 6.02. The molecule has 5 heteroatoms. The van der Waals surface area contributed by atoms with Crippen molar-refractivity contribution in [3.63, 3.8) is 0 Å². The van der Waals surface area contributed by atoms with Crippen LogP contribution in [0.25, 0.3) is 0 Å². The fourth-order valence-electron chi connectivity index (χ4n) is 3.15. The minimum absolute atomic E-state index is 0.218. The van der Waals surface area contributed by atoms with Crippen LogP contribution in [0.4, 0.5) is 0 Å². The zero-order valence-electron chi connectivity index (χ0n) is 13.8. The maximum atomic E-state index is 12.4. The Labute approximate surface area is 139 Å². The van der Waals surface area contributed by atoms with Gasteiger partial charge in [0.05, 0.1) is 17.7 Å². The van der Waals surface area contributed by atoms with Gasteiger partial charge in [0.1, 0.15) is 0 Å². The summed E-state index contributed by atoms with van der Waals surface area (Å²) in [5.41, 5.74) is 2.44. The number of aryl methyl sites for hydroxylation is 1. The summed E-state index contributed by atoms with van der Waals surface area (Å²) in [5, 5.41) is 11.0. The van der Waals surface area contributed by atoms with Crippen molar-refractivity contribution < 1.29 is 24.2 Å². The Morgan fingerprint density at radius 2 is 1.92 bits per heavy atom. The van der Waals surface area contributed by atoms with E-state index in [-0.39, 0.29) is 12.2 Å². The molecule has 5 nitrogen and oxygen atoms in total. The minimum Gasteiger partial charge on any atom is -0.462 e. The third-order valence-electron chi connectivity index (χ3n) is 4.23. The Morgan fingerprint density at radius 3 is 2.54 bits per heavy atom. The lowest BCUT2D eigenvalue weighted by molar-refractivity contribution is -0.129. The second-order valence-electron chi connectivity index (χ2n) is 5.74. The summed E-state index contributed by atoms with van der Waals surface area (Å²) in [6.45, 7) is 5.37. The molecule has 0 bridgehead atoms. The summed E-state index contributed by atoms with van der Waals surface area (Å²) in [7, 11) is 0. The Balaban J connectivity index is 2.22. The molecule has 0 amide bonds. The summed E-state index contributed by atoms with van der Waals surface area (Å²) < 4.78 is 10.4. The molecular weight excluding hydrogens is 308 g/mol. The second kappa shape index (κ2) is 5.76. The summed E-state index contributed by atoms with van der Waals surface area (Å²) in [5.74, 6) is -2.99. The van der Waals surface area contributed by atoms with Crippen molar-refractivity contribution in [3.05, 3.63) is 69.8 Å². The molecule has 0 spiro atoms. The molecule has 0 saturated heterocycles. The van der Waals surface area contributed by atoms with Gasteiger partial charge in [0.15, 0.2) is 0 Å². The molecule has 3 rings (SSSR count). The standard InChI is InChI=1S/C19H18O5/c1-4-23-17(20)15-11(2)10-14-16(12(15)3)18(21)24-19(14,22)13-8-6-5-7-9-13/h5-10,22H,4H2,1-3H3. The first-order valence-electron chi connectivity index (χ1n) is 7.73. The van der Waals surface area contributed by atoms with Crippen LogP contribution in [0.15, 0.2) is 36.4 Å². The molecule has 1 aliphatic rings. The molecule has 0 aliphatic carbocycles. The van der Waals surface area contributed by atoms with Gasteiger partial charge in [-0.1, -0.05) is 30.3 Å². The predicted octanol–water partition coefficient (Wildman–Crippen LogP) is 2.84. The van der Waals surface area contributed by atoms with Crippen LogP contribution in [0, 0.1) is 13.8 Å². The van der Waals surface area contributed by atoms with Crippen molar-refractivity contribution in [3.8, 4) is 0 Å². The molecule has 1 unspecified atom stereocenters. The van der Waals surface area contributed by atoms with Crippen molar-refractivity contribution in [1.82, 2.24) is 0 Å². The number of carbonyl (C=O) groups is 2. The van der Waals surface area contributed by atoms with E-state index in [1.807, 2.05) is 6.07 Å². The Bertz CT molecular complexity index is 825. The molecule has 124 valence electrons. The van der Waals surface area contributed by atoms with Crippen molar-refractivity contribution >= 4 is 11.9 Å². The van der Waals surface area contributed by atoms with Gasteiger partial charge in [-0.05, 0) is 38.0 Å². The first-order valence-corrected chi connectivity index (χ1v) is 7.73. The molecule has 24 heavy (non-hydrogen) atoms. The van der Waals surface area contributed by atoms with E-state index in [9.17, 15) is 14.7 Å². The summed E-state index contributed by atoms with van der Waals surface area (Å²) in [6, 6.07) is 10.3. The number of benzene rings is 2. The molecule has 1 atom stereocenters. The van der Waals surface area contributed by atoms with Crippen LogP contribution in [0.1, 0.15) is 49.9 Å². The Hall–Kier alpha value is -2.66. The summed E-state index contributed by atoms with van der Waals surface area (Å²) in [6.07, 6.45) is 0. The average molecular weight is 326 g/mol. The van der Waals surface area contributed by atoms with Crippen LogP contribution in [-0.4, -0.2) is 23.7 Å². The normalized spacial score (nSPS) is 18.9. The van der Waals surface area contributed by atoms with Gasteiger partial charge in [0, 0.05) is 11.1 Å². The Kier molecular flexibility index (Phi) is 3.89. The molecule has 0 saturated carbocycles. The smallest absolute Gasteiger partial charge is 0.342 e. The number of aliphatic hydroxyl groups is 1. The average Bonchev–Trinajstić information content (AvgIpc) is 2.80. The molecule has 1 heterocycles. The van der Waals surface area contributed by atoms with E-state index >= 15 is 0 Å². The quantitative estimate of drug-likeness (QED) is 0.878. The highest BCUT2D eigenvalue weighted by Gasteiger charge is 2.47. The van der Waals surface area contributed by atoms with E-state index in [1.165, 1.54) is 0 Å². The second-order valence-corrected chi connectivity index (χ2v) is 5.74. The zero-order valence-corrected chi connectivity index (χ0v) is 13.8. The van der Waals surface area contributed by atoms with Crippen LogP contribution in [0.5, 0.6) is 0 Å². The third-order valence-corrected chi connectivity index (χ3v) is 4.23. The minimum atomic E-state index is -1.85. The van der Waals surface area contributed by atoms with E-state index in [1.54, 1.807) is 51.1 Å². The van der Waals surface area contributed by atoms with Gasteiger partial charge in [-0.25, -0.2) is 9.59 Å². The van der Waals surface area contributed by atoms with Crippen molar-refractivity contribution in [1.29, 1.82) is 0 Å². The van der Waals surface area contributed by atoms with Crippen LogP contribution in [-0.2, 0) is 15.3 Å². The maximum Gasteiger partial charge on any atom is 0.342 e. The lowest BCUT2D eigenvalue weighted by atomic mass is 9.88. The van der Waals surface area contributed by atoms with Gasteiger partial charge >= 0.3 is 11.9 Å². The van der Waals surface area contributed by atoms with Gasteiger partial charge in [-0.2, -0.15) is 0 Å². The lowest BCUT2D eigenvalue weighted by Gasteiger charge is -2.23. The molecule has 0 aromatic heterocycles. The number of hydrogen-bond donors (Lipinski definition) is 1. The van der Waals surface area contributed by atoms with Crippen LogP contribution >= 0.6 is 0 Å². The molecule has 1 N–H and O–H groups in total. The van der Waals surface area contributed by atoms with Crippen LogP contribution in [0.2, 0.25) is 0 Å². The molecular formula is C19H18O5. The highest BCUT2D eigenvalue weighted by atomic mass is 16.7. The van der Waals surface area contributed by atoms with Crippen molar-refractivity contribution in [2.75, 3.05) is 6.61 Å². The number of rotatable bonds is 3. The van der Waals surface area contributed by atoms with E-state index < -0.39 is 17.7 Å². The summed E-state index contributed by atoms with van der Waals surface area (Å²) >= 11 is 0. The monoisotopic (exact) mass is 326 g/mol. The summed E-state index contributed by atoms with van der Waals surface area (Å²) in [4.78, 5) is 24.6. The molecule has 2 aromatic rings. The predicted molar refractivity (Wildman–Crippen MR) is 86.7 cm³/mol. The van der Waals surface area contributed by atoms with Gasteiger partial charge in [-0.3, -0.25) is 0 Å². The van der Waals surface area contributed by atoms with E-state index in [0.717, 1.165) is 0 Å². The molecule has 2 aromatic carbocycles. The number of hydrogen-bond acceptors (Lipinski definition) is 5. The number of carbonyl (C=O) groups excluding carboxylic acids is 2. The van der Waals surface area contributed by atoms with Crippen molar-refractivity contribution in [2.24, 2.45) is 0 Å². The molecule has 0 radical (unpaired) electrons. The number of cyclic esters (lactones) is 1. The van der Waals surface area contributed by atoms with Crippen molar-refractivity contribution in [2.45, 2.75) is 26.6 Å². The zero-order chi connectivity index (χ0) is 17.5. The van der Waals surface area contributed by atoms with E-state index in [4.69, 9.17) is 9.47 Å². The first kappa shape index (κ1) is 16.2. The fourth-order valence-corrected chi connectivity index (χ4v) is 3.15. The van der Waals surface area contributed by atoms with Gasteiger partial charge in [0.2, 0.25) is 0 Å². The topological polar surface area (TPSA) is 72.8 Å². The number of ether oxygens (including phenoxy) is 2. The van der Waals surface area contributed by atoms with Gasteiger partial charge < -0.3 is 14.6 Å². The Morgan fingerprint density at radius 1 is 1.25 bits per heavy atom. The highest BCUT2D eigenvalue weighted by Crippen LogP contribution is 2.42. The van der Waals surface area contributed by atoms with Crippen LogP contribution in [0.3, 0.4) is 0 Å². The number of fused-ring (bicyclic) bond motifs is 1. The first-order chi connectivity index (χ1) is 11.4.